The van der Waals surface area contributed by atoms with Gasteiger partial charge in [0.2, 0.25) is 0 Å². The van der Waals surface area contributed by atoms with Crippen molar-refractivity contribution in [3.63, 3.8) is 0 Å². The molecule has 0 saturated heterocycles. The van der Waals surface area contributed by atoms with Gasteiger partial charge in [-0.3, -0.25) is 0 Å². The summed E-state index contributed by atoms with van der Waals surface area (Å²) in [5, 5.41) is 7.15. The summed E-state index contributed by atoms with van der Waals surface area (Å²) in [6.45, 7) is 3.98. The Labute approximate surface area is 113 Å². The molecule has 1 atom stereocenters. The van der Waals surface area contributed by atoms with E-state index < -0.39 is 0 Å². The Hall–Kier alpha value is -1.65. The number of rotatable bonds is 4. The molecule has 0 bridgehead atoms. The molecule has 2 aromatic rings. The molecule has 0 spiro atoms. The second-order valence-corrected chi connectivity index (χ2v) is 4.97. The number of nitrogens with zero attached hydrogens (tertiary/aromatic N) is 2. The lowest BCUT2D eigenvalue weighted by molar-refractivity contribution is 0.476. The van der Waals surface area contributed by atoms with E-state index in [0.717, 1.165) is 32.6 Å². The predicted octanol–water partition coefficient (Wildman–Crippen LogP) is 1.71. The Bertz CT molecular complexity index is 507. The minimum absolute atomic E-state index is 0.453. The van der Waals surface area contributed by atoms with Gasteiger partial charge in [-0.2, -0.15) is 0 Å². The Balaban J connectivity index is 1.63. The van der Waals surface area contributed by atoms with Gasteiger partial charge in [-0.05, 0) is 24.1 Å². The summed E-state index contributed by atoms with van der Waals surface area (Å²) in [5.74, 6) is 0. The Morgan fingerprint density at radius 1 is 1.37 bits per heavy atom. The van der Waals surface area contributed by atoms with Gasteiger partial charge in [0.25, 0.3) is 0 Å². The zero-order valence-corrected chi connectivity index (χ0v) is 11.0. The maximum absolute atomic E-state index is 4.06. The normalized spacial score (nSPS) is 18.8. The summed E-state index contributed by atoms with van der Waals surface area (Å²) in [7, 11) is 0. The highest BCUT2D eigenvalue weighted by Gasteiger charge is 2.16. The molecule has 3 rings (SSSR count). The fraction of sp³-hybridized carbons (Fsp3) is 0.400. The van der Waals surface area contributed by atoms with Crippen molar-refractivity contribution >= 4 is 0 Å². The fourth-order valence-corrected chi connectivity index (χ4v) is 2.66. The van der Waals surface area contributed by atoms with Gasteiger partial charge in [0, 0.05) is 38.1 Å². The number of benzene rings is 1. The molecular formula is C15H20N4. The average Bonchev–Trinajstić information content (AvgIpc) is 2.87. The van der Waals surface area contributed by atoms with Gasteiger partial charge >= 0.3 is 0 Å². The third-order valence-corrected chi connectivity index (χ3v) is 3.68. The largest absolute Gasteiger partial charge is 0.336 e. The molecule has 19 heavy (non-hydrogen) atoms. The first-order valence-corrected chi connectivity index (χ1v) is 6.91. The number of aromatic nitrogens is 2. The van der Waals surface area contributed by atoms with Gasteiger partial charge in [0.1, 0.15) is 0 Å². The summed E-state index contributed by atoms with van der Waals surface area (Å²) < 4.78 is 2.11. The van der Waals surface area contributed by atoms with Crippen molar-refractivity contribution in [1.82, 2.24) is 20.2 Å². The number of hydrogen-bond donors (Lipinski definition) is 2. The van der Waals surface area contributed by atoms with Crippen LogP contribution in [-0.4, -0.2) is 22.6 Å². The quantitative estimate of drug-likeness (QED) is 0.875. The average molecular weight is 256 g/mol. The van der Waals surface area contributed by atoms with Crippen LogP contribution in [0.5, 0.6) is 0 Å². The van der Waals surface area contributed by atoms with Crippen molar-refractivity contribution in [2.24, 2.45) is 0 Å². The van der Waals surface area contributed by atoms with Crippen molar-refractivity contribution in [2.45, 2.75) is 25.6 Å². The van der Waals surface area contributed by atoms with E-state index in [1.54, 1.807) is 0 Å². The van der Waals surface area contributed by atoms with E-state index >= 15 is 0 Å². The van der Waals surface area contributed by atoms with Crippen LogP contribution in [0.25, 0.3) is 0 Å². The van der Waals surface area contributed by atoms with Crippen molar-refractivity contribution in [3.8, 4) is 0 Å². The molecular weight excluding hydrogens is 236 g/mol. The summed E-state index contributed by atoms with van der Waals surface area (Å²) in [6.07, 6.45) is 6.83. The summed E-state index contributed by atoms with van der Waals surface area (Å²) in [6, 6.07) is 9.17. The monoisotopic (exact) mass is 256 g/mol. The Kier molecular flexibility index (Phi) is 3.91. The third kappa shape index (κ3) is 3.03. The molecule has 1 aromatic heterocycles. The lowest BCUT2D eigenvalue weighted by Crippen LogP contribution is -2.26. The van der Waals surface area contributed by atoms with Gasteiger partial charge < -0.3 is 15.2 Å². The maximum Gasteiger partial charge on any atom is 0.0946 e. The molecule has 0 amide bonds. The zero-order valence-electron chi connectivity index (χ0n) is 11.0. The first kappa shape index (κ1) is 12.4. The molecule has 100 valence electrons. The van der Waals surface area contributed by atoms with Crippen LogP contribution in [-0.2, 0) is 13.1 Å². The van der Waals surface area contributed by atoms with Crippen molar-refractivity contribution in [2.75, 3.05) is 13.1 Å². The molecule has 1 aromatic carbocycles. The van der Waals surface area contributed by atoms with Crippen LogP contribution >= 0.6 is 0 Å². The van der Waals surface area contributed by atoms with Crippen LogP contribution in [0.1, 0.15) is 23.6 Å². The highest BCUT2D eigenvalue weighted by atomic mass is 15.1. The highest BCUT2D eigenvalue weighted by molar-refractivity contribution is 5.30. The predicted molar refractivity (Wildman–Crippen MR) is 75.7 cm³/mol. The lowest BCUT2D eigenvalue weighted by atomic mass is 9.99. The minimum Gasteiger partial charge on any atom is -0.336 e. The third-order valence-electron chi connectivity index (χ3n) is 3.68. The minimum atomic E-state index is 0.453. The molecule has 0 fully saturated rings. The highest BCUT2D eigenvalue weighted by Crippen LogP contribution is 2.23. The van der Waals surface area contributed by atoms with Crippen LogP contribution in [0.4, 0.5) is 0 Å². The van der Waals surface area contributed by atoms with Crippen LogP contribution in [0.15, 0.2) is 43.0 Å². The molecule has 0 aliphatic carbocycles. The standard InChI is InChI=1S/C15H20N4/c1-2-4-14-13(3-1)11-16-6-5-15(14)18-8-10-19-9-7-17-12-19/h1-4,7,9,12,15-16,18H,5-6,8,10-11H2. The zero-order chi connectivity index (χ0) is 12.9. The lowest BCUT2D eigenvalue weighted by Gasteiger charge is -2.19. The molecule has 1 aliphatic heterocycles. The molecule has 2 heterocycles. The Morgan fingerprint density at radius 2 is 2.32 bits per heavy atom. The van der Waals surface area contributed by atoms with Gasteiger partial charge in [0.05, 0.1) is 6.33 Å². The molecule has 0 saturated carbocycles. The van der Waals surface area contributed by atoms with E-state index in [1.165, 1.54) is 11.1 Å². The molecule has 1 aliphatic rings. The Morgan fingerprint density at radius 3 is 3.21 bits per heavy atom. The smallest absolute Gasteiger partial charge is 0.0946 e. The topological polar surface area (TPSA) is 41.9 Å². The van der Waals surface area contributed by atoms with Crippen LogP contribution in [0, 0.1) is 0 Å². The second kappa shape index (κ2) is 5.99. The van der Waals surface area contributed by atoms with Crippen LogP contribution in [0.2, 0.25) is 0 Å². The van der Waals surface area contributed by atoms with Crippen molar-refractivity contribution < 1.29 is 0 Å². The summed E-state index contributed by atoms with van der Waals surface area (Å²) >= 11 is 0. The van der Waals surface area contributed by atoms with E-state index in [0.29, 0.717) is 6.04 Å². The molecule has 2 N–H and O–H groups in total. The molecule has 1 unspecified atom stereocenters. The summed E-state index contributed by atoms with van der Waals surface area (Å²) in [5.41, 5.74) is 2.86. The van der Waals surface area contributed by atoms with Gasteiger partial charge in [0.15, 0.2) is 0 Å². The van der Waals surface area contributed by atoms with Gasteiger partial charge in [-0.1, -0.05) is 24.3 Å². The maximum atomic E-state index is 4.06. The first-order valence-electron chi connectivity index (χ1n) is 6.91. The van der Waals surface area contributed by atoms with Gasteiger partial charge in [-0.15, -0.1) is 0 Å². The number of hydrogen-bond acceptors (Lipinski definition) is 3. The van der Waals surface area contributed by atoms with E-state index in [1.807, 2.05) is 18.7 Å². The fourth-order valence-electron chi connectivity index (χ4n) is 2.66. The van der Waals surface area contributed by atoms with E-state index in [9.17, 15) is 0 Å². The SMILES string of the molecule is c1ccc2c(c1)CNCCC2NCCn1ccnc1. The number of nitrogens with one attached hydrogen (secondary N) is 2. The number of fused-ring (bicyclic) bond motifs is 1. The van der Waals surface area contributed by atoms with E-state index in [4.69, 9.17) is 0 Å². The molecule has 4 nitrogen and oxygen atoms in total. The summed E-state index contributed by atoms with van der Waals surface area (Å²) in [4.78, 5) is 4.06. The van der Waals surface area contributed by atoms with E-state index in [-0.39, 0.29) is 0 Å². The molecule has 0 radical (unpaired) electrons. The van der Waals surface area contributed by atoms with Crippen LogP contribution < -0.4 is 10.6 Å². The van der Waals surface area contributed by atoms with Crippen molar-refractivity contribution in [3.05, 3.63) is 54.1 Å². The van der Waals surface area contributed by atoms with E-state index in [2.05, 4.69) is 44.5 Å². The second-order valence-electron chi connectivity index (χ2n) is 4.97. The molecule has 4 heteroatoms. The number of imidazole rings is 1. The van der Waals surface area contributed by atoms with Gasteiger partial charge in [-0.25, -0.2) is 4.98 Å². The first-order chi connectivity index (χ1) is 9.43. The van der Waals surface area contributed by atoms with Crippen molar-refractivity contribution in [1.29, 1.82) is 0 Å². The van der Waals surface area contributed by atoms with Crippen LogP contribution in [0.3, 0.4) is 0 Å².